The maximum absolute atomic E-state index is 13.4. The zero-order chi connectivity index (χ0) is 11.7. The highest BCUT2D eigenvalue weighted by Crippen LogP contribution is 2.27. The van der Waals surface area contributed by atoms with Gasteiger partial charge in [0.05, 0.1) is 4.88 Å². The number of primary amides is 1. The van der Waals surface area contributed by atoms with E-state index in [9.17, 15) is 13.6 Å². The predicted molar refractivity (Wildman–Crippen MR) is 58.2 cm³/mol. The number of carbonyl (C=O) groups is 1. The highest BCUT2D eigenvalue weighted by Gasteiger charge is 2.10. The molecule has 1 amide bonds. The van der Waals surface area contributed by atoms with Crippen LogP contribution in [0.4, 0.5) is 8.78 Å². The summed E-state index contributed by atoms with van der Waals surface area (Å²) in [6, 6.07) is 4.79. The summed E-state index contributed by atoms with van der Waals surface area (Å²) in [6.45, 7) is 0. The zero-order valence-electron chi connectivity index (χ0n) is 8.04. The van der Waals surface area contributed by atoms with E-state index in [1.165, 1.54) is 18.2 Å². The van der Waals surface area contributed by atoms with E-state index < -0.39 is 17.5 Å². The molecule has 1 heterocycles. The Morgan fingerprint density at radius 2 is 2.00 bits per heavy atom. The molecule has 5 heteroatoms. The van der Waals surface area contributed by atoms with Crippen molar-refractivity contribution < 1.29 is 13.6 Å². The number of benzene rings is 1. The van der Waals surface area contributed by atoms with Crippen LogP contribution in [0.15, 0.2) is 29.6 Å². The average Bonchev–Trinajstić information content (AvgIpc) is 2.66. The summed E-state index contributed by atoms with van der Waals surface area (Å²) in [7, 11) is 0. The van der Waals surface area contributed by atoms with E-state index in [-0.39, 0.29) is 5.56 Å². The van der Waals surface area contributed by atoms with Crippen LogP contribution in [0.2, 0.25) is 0 Å². The molecular formula is C11H7F2NOS. The monoisotopic (exact) mass is 239 g/mol. The van der Waals surface area contributed by atoms with Gasteiger partial charge in [-0.3, -0.25) is 4.79 Å². The van der Waals surface area contributed by atoms with Crippen LogP contribution in [0.3, 0.4) is 0 Å². The largest absolute Gasteiger partial charge is 0.365 e. The van der Waals surface area contributed by atoms with Crippen molar-refractivity contribution in [2.75, 3.05) is 0 Å². The third-order valence-corrected chi connectivity index (χ3v) is 3.03. The van der Waals surface area contributed by atoms with Gasteiger partial charge in [0, 0.05) is 11.6 Å². The van der Waals surface area contributed by atoms with Gasteiger partial charge in [-0.2, -0.15) is 0 Å². The SMILES string of the molecule is NC(=O)c1cc(-c2ccc(F)cc2F)cs1. The van der Waals surface area contributed by atoms with E-state index in [1.54, 1.807) is 5.38 Å². The topological polar surface area (TPSA) is 43.1 Å². The number of amides is 1. The molecule has 2 N–H and O–H groups in total. The molecule has 82 valence electrons. The smallest absolute Gasteiger partial charge is 0.258 e. The van der Waals surface area contributed by atoms with Gasteiger partial charge in [-0.1, -0.05) is 0 Å². The Hall–Kier alpha value is -1.75. The molecule has 1 aromatic carbocycles. The Morgan fingerprint density at radius 3 is 2.56 bits per heavy atom. The second-order valence-corrected chi connectivity index (χ2v) is 4.10. The van der Waals surface area contributed by atoms with Gasteiger partial charge < -0.3 is 5.73 Å². The van der Waals surface area contributed by atoms with Gasteiger partial charge in [0.25, 0.3) is 5.91 Å². The summed E-state index contributed by atoms with van der Waals surface area (Å²) in [5, 5.41) is 1.61. The molecule has 1 aromatic heterocycles. The highest BCUT2D eigenvalue weighted by atomic mass is 32.1. The highest BCUT2D eigenvalue weighted by molar-refractivity contribution is 7.12. The van der Waals surface area contributed by atoms with Gasteiger partial charge in [-0.25, -0.2) is 8.78 Å². The van der Waals surface area contributed by atoms with Crippen molar-refractivity contribution >= 4 is 17.2 Å². The molecule has 16 heavy (non-hydrogen) atoms. The number of hydrogen-bond acceptors (Lipinski definition) is 2. The second kappa shape index (κ2) is 4.02. The Morgan fingerprint density at radius 1 is 1.25 bits per heavy atom. The van der Waals surface area contributed by atoms with Crippen LogP contribution in [0.1, 0.15) is 9.67 Å². The summed E-state index contributed by atoms with van der Waals surface area (Å²) < 4.78 is 26.1. The van der Waals surface area contributed by atoms with Gasteiger partial charge in [0.1, 0.15) is 11.6 Å². The van der Waals surface area contributed by atoms with Crippen molar-refractivity contribution in [2.45, 2.75) is 0 Å². The molecule has 0 bridgehead atoms. The van der Waals surface area contributed by atoms with Crippen LogP contribution in [-0.2, 0) is 0 Å². The second-order valence-electron chi connectivity index (χ2n) is 3.19. The normalized spacial score (nSPS) is 10.4. The van der Waals surface area contributed by atoms with Gasteiger partial charge in [-0.05, 0) is 29.1 Å². The lowest BCUT2D eigenvalue weighted by Crippen LogP contribution is -2.08. The van der Waals surface area contributed by atoms with Gasteiger partial charge >= 0.3 is 0 Å². The molecule has 0 unspecified atom stereocenters. The molecule has 2 nitrogen and oxygen atoms in total. The summed E-state index contributed by atoms with van der Waals surface area (Å²) in [5.74, 6) is -1.85. The van der Waals surface area contributed by atoms with E-state index in [0.29, 0.717) is 10.4 Å². The molecule has 0 fully saturated rings. The van der Waals surface area contributed by atoms with Crippen molar-refractivity contribution in [2.24, 2.45) is 5.73 Å². The lowest BCUT2D eigenvalue weighted by atomic mass is 10.1. The quantitative estimate of drug-likeness (QED) is 0.860. The fraction of sp³-hybridized carbons (Fsp3) is 0. The fourth-order valence-electron chi connectivity index (χ4n) is 1.33. The molecule has 0 aliphatic heterocycles. The Labute approximate surface area is 94.3 Å². The molecule has 0 saturated carbocycles. The van der Waals surface area contributed by atoms with Crippen LogP contribution in [0, 0.1) is 11.6 Å². The Kier molecular flexibility index (Phi) is 2.70. The Bertz CT molecular complexity index is 551. The molecule has 2 rings (SSSR count). The first kappa shape index (κ1) is 10.8. The number of carbonyl (C=O) groups excluding carboxylic acids is 1. The van der Waals surface area contributed by atoms with Gasteiger partial charge in [0.2, 0.25) is 0 Å². The van der Waals surface area contributed by atoms with Crippen LogP contribution in [-0.4, -0.2) is 5.91 Å². The van der Waals surface area contributed by atoms with Crippen molar-refractivity contribution in [1.82, 2.24) is 0 Å². The number of thiophene rings is 1. The maximum atomic E-state index is 13.4. The molecular weight excluding hydrogens is 232 g/mol. The lowest BCUT2D eigenvalue weighted by Gasteiger charge is -1.99. The lowest BCUT2D eigenvalue weighted by molar-refractivity contribution is 0.100. The first-order chi connectivity index (χ1) is 7.58. The van der Waals surface area contributed by atoms with E-state index in [4.69, 9.17) is 5.73 Å². The molecule has 0 spiro atoms. The molecule has 2 aromatic rings. The van der Waals surface area contributed by atoms with Crippen molar-refractivity contribution in [1.29, 1.82) is 0 Å². The fourth-order valence-corrected chi connectivity index (χ4v) is 2.09. The van der Waals surface area contributed by atoms with E-state index in [1.807, 2.05) is 0 Å². The van der Waals surface area contributed by atoms with Gasteiger partial charge in [-0.15, -0.1) is 11.3 Å². The van der Waals surface area contributed by atoms with E-state index >= 15 is 0 Å². The summed E-state index contributed by atoms with van der Waals surface area (Å²) in [5.41, 5.74) is 5.86. The summed E-state index contributed by atoms with van der Waals surface area (Å²) >= 11 is 1.13. The van der Waals surface area contributed by atoms with E-state index in [2.05, 4.69) is 0 Å². The Balaban J connectivity index is 2.46. The van der Waals surface area contributed by atoms with Crippen LogP contribution < -0.4 is 5.73 Å². The number of rotatable bonds is 2. The molecule has 0 aliphatic rings. The minimum Gasteiger partial charge on any atom is -0.365 e. The number of nitrogens with two attached hydrogens (primary N) is 1. The summed E-state index contributed by atoms with van der Waals surface area (Å²) in [6.07, 6.45) is 0. The number of halogens is 2. The van der Waals surface area contributed by atoms with Crippen LogP contribution >= 0.6 is 11.3 Å². The minimum atomic E-state index is -0.658. The van der Waals surface area contributed by atoms with Crippen LogP contribution in [0.5, 0.6) is 0 Å². The van der Waals surface area contributed by atoms with Crippen molar-refractivity contribution in [3.63, 3.8) is 0 Å². The molecule has 0 saturated heterocycles. The number of hydrogen-bond donors (Lipinski definition) is 1. The molecule has 0 radical (unpaired) electrons. The first-order valence-electron chi connectivity index (χ1n) is 4.41. The molecule has 0 aliphatic carbocycles. The predicted octanol–water partition coefficient (Wildman–Crippen LogP) is 2.79. The van der Waals surface area contributed by atoms with Crippen molar-refractivity contribution in [3.8, 4) is 11.1 Å². The van der Waals surface area contributed by atoms with E-state index in [0.717, 1.165) is 17.4 Å². The molecule has 0 atom stereocenters. The standard InChI is InChI=1S/C11H7F2NOS/c12-7-1-2-8(9(13)4-7)6-3-10(11(14)15)16-5-6/h1-5H,(H2,14,15). The van der Waals surface area contributed by atoms with Gasteiger partial charge in [0.15, 0.2) is 0 Å². The maximum Gasteiger partial charge on any atom is 0.258 e. The summed E-state index contributed by atoms with van der Waals surface area (Å²) in [4.78, 5) is 11.2. The minimum absolute atomic E-state index is 0.255. The van der Waals surface area contributed by atoms with Crippen LogP contribution in [0.25, 0.3) is 11.1 Å². The third-order valence-electron chi connectivity index (χ3n) is 2.08. The average molecular weight is 239 g/mol. The van der Waals surface area contributed by atoms with Crippen molar-refractivity contribution in [3.05, 3.63) is 46.2 Å². The third kappa shape index (κ3) is 1.94. The zero-order valence-corrected chi connectivity index (χ0v) is 8.85. The first-order valence-corrected chi connectivity index (χ1v) is 5.29.